The third-order valence-electron chi connectivity index (χ3n) is 2.26. The molecule has 0 atom stereocenters. The zero-order valence-corrected chi connectivity index (χ0v) is 11.1. The van der Waals surface area contributed by atoms with Gasteiger partial charge in [-0.1, -0.05) is 25.4 Å². The highest BCUT2D eigenvalue weighted by Crippen LogP contribution is 2.35. The molecule has 0 saturated carbocycles. The number of methoxy groups -OCH3 is 2. The van der Waals surface area contributed by atoms with Gasteiger partial charge in [-0.2, -0.15) is 0 Å². The van der Waals surface area contributed by atoms with E-state index < -0.39 is 0 Å². The SMILES string of the molecule is COc1cc(OC)c(NC(=O)C(C)C)cc1Cl. The van der Waals surface area contributed by atoms with E-state index in [2.05, 4.69) is 5.32 Å². The van der Waals surface area contributed by atoms with Gasteiger partial charge in [0.1, 0.15) is 11.5 Å². The molecule has 5 heteroatoms. The average Bonchev–Trinajstić information content (AvgIpc) is 2.29. The molecule has 1 rings (SSSR count). The first-order valence-electron chi connectivity index (χ1n) is 5.22. The first-order valence-corrected chi connectivity index (χ1v) is 5.59. The Labute approximate surface area is 106 Å². The smallest absolute Gasteiger partial charge is 0.227 e. The maximum atomic E-state index is 11.6. The van der Waals surface area contributed by atoms with Crippen LogP contribution in [0.3, 0.4) is 0 Å². The van der Waals surface area contributed by atoms with Crippen molar-refractivity contribution in [1.29, 1.82) is 0 Å². The van der Waals surface area contributed by atoms with Gasteiger partial charge < -0.3 is 14.8 Å². The molecule has 0 aliphatic heterocycles. The van der Waals surface area contributed by atoms with Gasteiger partial charge in [-0.05, 0) is 6.07 Å². The second kappa shape index (κ2) is 5.77. The number of carbonyl (C=O) groups excluding carboxylic acids is 1. The fraction of sp³-hybridized carbons (Fsp3) is 0.417. The molecule has 94 valence electrons. The second-order valence-electron chi connectivity index (χ2n) is 3.83. The van der Waals surface area contributed by atoms with E-state index in [9.17, 15) is 4.79 Å². The monoisotopic (exact) mass is 257 g/mol. The summed E-state index contributed by atoms with van der Waals surface area (Å²) in [6.07, 6.45) is 0. The number of rotatable bonds is 4. The summed E-state index contributed by atoms with van der Waals surface area (Å²) in [5.41, 5.74) is 0.539. The molecule has 1 N–H and O–H groups in total. The summed E-state index contributed by atoms with van der Waals surface area (Å²) < 4.78 is 10.2. The molecule has 1 aromatic rings. The predicted molar refractivity (Wildman–Crippen MR) is 68.0 cm³/mol. The maximum absolute atomic E-state index is 11.6. The third-order valence-corrected chi connectivity index (χ3v) is 2.55. The molecule has 0 aliphatic rings. The van der Waals surface area contributed by atoms with E-state index in [1.165, 1.54) is 14.2 Å². The lowest BCUT2D eigenvalue weighted by molar-refractivity contribution is -0.118. The van der Waals surface area contributed by atoms with Gasteiger partial charge in [0.05, 0.1) is 24.9 Å². The molecule has 0 aromatic heterocycles. The summed E-state index contributed by atoms with van der Waals surface area (Å²) in [5, 5.41) is 3.17. The fourth-order valence-corrected chi connectivity index (χ4v) is 1.48. The number of carbonyl (C=O) groups is 1. The first kappa shape index (κ1) is 13.6. The highest BCUT2D eigenvalue weighted by atomic mass is 35.5. The van der Waals surface area contributed by atoms with Gasteiger partial charge in [0.25, 0.3) is 0 Å². The van der Waals surface area contributed by atoms with E-state index in [-0.39, 0.29) is 11.8 Å². The van der Waals surface area contributed by atoms with Crippen molar-refractivity contribution < 1.29 is 14.3 Å². The highest BCUT2D eigenvalue weighted by molar-refractivity contribution is 6.32. The molecule has 0 fully saturated rings. The Hall–Kier alpha value is -1.42. The Kier molecular flexibility index (Phi) is 4.63. The molecular weight excluding hydrogens is 242 g/mol. The van der Waals surface area contributed by atoms with Gasteiger partial charge in [0.2, 0.25) is 5.91 Å². The van der Waals surface area contributed by atoms with Crippen molar-refractivity contribution in [1.82, 2.24) is 0 Å². The number of ether oxygens (including phenoxy) is 2. The maximum Gasteiger partial charge on any atom is 0.227 e. The van der Waals surface area contributed by atoms with Gasteiger partial charge in [-0.15, -0.1) is 0 Å². The molecule has 0 bridgehead atoms. The van der Waals surface area contributed by atoms with Crippen LogP contribution in [0.15, 0.2) is 12.1 Å². The molecule has 4 nitrogen and oxygen atoms in total. The third kappa shape index (κ3) is 3.27. The zero-order chi connectivity index (χ0) is 13.0. The minimum Gasteiger partial charge on any atom is -0.495 e. The van der Waals surface area contributed by atoms with E-state index in [0.717, 1.165) is 0 Å². The summed E-state index contributed by atoms with van der Waals surface area (Å²) in [6, 6.07) is 3.25. The molecule has 17 heavy (non-hydrogen) atoms. The lowest BCUT2D eigenvalue weighted by atomic mass is 10.2. The Balaban J connectivity index is 3.06. The topological polar surface area (TPSA) is 47.6 Å². The van der Waals surface area contributed by atoms with Crippen LogP contribution in [0.1, 0.15) is 13.8 Å². The van der Waals surface area contributed by atoms with Crippen molar-refractivity contribution in [3.63, 3.8) is 0 Å². The van der Waals surface area contributed by atoms with E-state index >= 15 is 0 Å². The van der Waals surface area contributed by atoms with Crippen molar-refractivity contribution in [2.45, 2.75) is 13.8 Å². The van der Waals surface area contributed by atoms with E-state index in [0.29, 0.717) is 22.2 Å². The minimum absolute atomic E-state index is 0.0930. The Morgan fingerprint density at radius 1 is 1.24 bits per heavy atom. The van der Waals surface area contributed by atoms with Gasteiger partial charge >= 0.3 is 0 Å². The minimum atomic E-state index is -0.111. The Morgan fingerprint density at radius 2 is 1.82 bits per heavy atom. The van der Waals surface area contributed by atoms with Crippen LogP contribution in [-0.2, 0) is 4.79 Å². The first-order chi connectivity index (χ1) is 7.99. The number of hydrogen-bond acceptors (Lipinski definition) is 3. The number of anilines is 1. The molecule has 0 unspecified atom stereocenters. The molecule has 0 spiro atoms. The molecule has 0 saturated heterocycles. The second-order valence-corrected chi connectivity index (χ2v) is 4.24. The molecule has 0 aliphatic carbocycles. The summed E-state index contributed by atoms with van der Waals surface area (Å²) in [4.78, 5) is 11.6. The van der Waals surface area contributed by atoms with Gasteiger partial charge in [-0.3, -0.25) is 4.79 Å². The van der Waals surface area contributed by atoms with Crippen LogP contribution >= 0.6 is 11.6 Å². The van der Waals surface area contributed by atoms with E-state index in [4.69, 9.17) is 21.1 Å². The van der Waals surface area contributed by atoms with Crippen LogP contribution < -0.4 is 14.8 Å². The fourth-order valence-electron chi connectivity index (χ4n) is 1.23. The summed E-state index contributed by atoms with van der Waals surface area (Å²) in [6.45, 7) is 3.62. The van der Waals surface area contributed by atoms with Crippen LogP contribution in [0.4, 0.5) is 5.69 Å². The molecule has 1 amide bonds. The van der Waals surface area contributed by atoms with E-state index in [1.54, 1.807) is 12.1 Å². The summed E-state index contributed by atoms with van der Waals surface area (Å²) >= 11 is 5.99. The van der Waals surface area contributed by atoms with Gasteiger partial charge in [0, 0.05) is 12.0 Å². The van der Waals surface area contributed by atoms with Crippen LogP contribution in [-0.4, -0.2) is 20.1 Å². The molecule has 1 aromatic carbocycles. The Morgan fingerprint density at radius 3 is 2.29 bits per heavy atom. The summed E-state index contributed by atoms with van der Waals surface area (Å²) in [7, 11) is 3.04. The molecular formula is C12H16ClNO3. The quantitative estimate of drug-likeness (QED) is 0.902. The van der Waals surface area contributed by atoms with Crippen LogP contribution in [0.25, 0.3) is 0 Å². The van der Waals surface area contributed by atoms with Crippen molar-refractivity contribution in [3.05, 3.63) is 17.2 Å². The van der Waals surface area contributed by atoms with Gasteiger partial charge in [-0.25, -0.2) is 0 Å². The largest absolute Gasteiger partial charge is 0.495 e. The zero-order valence-electron chi connectivity index (χ0n) is 10.3. The molecule has 0 radical (unpaired) electrons. The number of hydrogen-bond donors (Lipinski definition) is 1. The normalized spacial score (nSPS) is 10.2. The predicted octanol–water partition coefficient (Wildman–Crippen LogP) is 2.95. The Bertz CT molecular complexity index is 418. The standard InChI is InChI=1S/C12H16ClNO3/c1-7(2)12(15)14-9-5-8(13)10(16-3)6-11(9)17-4/h5-7H,1-4H3,(H,14,15). The number of amides is 1. The van der Waals surface area contributed by atoms with Crippen molar-refractivity contribution in [2.24, 2.45) is 5.92 Å². The van der Waals surface area contributed by atoms with Crippen molar-refractivity contribution in [3.8, 4) is 11.5 Å². The van der Waals surface area contributed by atoms with Crippen molar-refractivity contribution >= 4 is 23.2 Å². The van der Waals surface area contributed by atoms with Crippen LogP contribution in [0.2, 0.25) is 5.02 Å². The lowest BCUT2D eigenvalue weighted by Gasteiger charge is -2.14. The molecule has 0 heterocycles. The number of halogens is 1. The number of benzene rings is 1. The average molecular weight is 258 g/mol. The summed E-state index contributed by atoms with van der Waals surface area (Å²) in [5.74, 6) is 0.816. The van der Waals surface area contributed by atoms with Crippen LogP contribution in [0.5, 0.6) is 11.5 Å². The van der Waals surface area contributed by atoms with Gasteiger partial charge in [0.15, 0.2) is 0 Å². The highest BCUT2D eigenvalue weighted by Gasteiger charge is 2.14. The van der Waals surface area contributed by atoms with E-state index in [1.807, 2.05) is 13.8 Å². The number of nitrogens with one attached hydrogen (secondary N) is 1. The lowest BCUT2D eigenvalue weighted by Crippen LogP contribution is -2.18. The van der Waals surface area contributed by atoms with Crippen molar-refractivity contribution in [2.75, 3.05) is 19.5 Å². The van der Waals surface area contributed by atoms with Crippen LogP contribution in [0, 0.1) is 5.92 Å².